The van der Waals surface area contributed by atoms with E-state index in [1.54, 1.807) is 18.3 Å². The average molecular weight is 336 g/mol. The van der Waals surface area contributed by atoms with Crippen LogP contribution in [0.5, 0.6) is 5.75 Å². The van der Waals surface area contributed by atoms with Gasteiger partial charge in [0.1, 0.15) is 5.75 Å². The van der Waals surface area contributed by atoms with E-state index in [9.17, 15) is 9.90 Å². The SMILES string of the molecule is CC(C)=CCC/C(C)=C\C=NNC(=O)c1cc2ccccc2cc1O. The topological polar surface area (TPSA) is 61.7 Å². The molecular weight excluding hydrogens is 312 g/mol. The van der Waals surface area contributed by atoms with Crippen molar-refractivity contribution in [2.45, 2.75) is 33.6 Å². The first kappa shape index (κ1) is 18.5. The highest BCUT2D eigenvalue weighted by atomic mass is 16.3. The summed E-state index contributed by atoms with van der Waals surface area (Å²) in [6.45, 7) is 6.19. The second kappa shape index (κ2) is 8.83. The number of benzene rings is 2. The van der Waals surface area contributed by atoms with Gasteiger partial charge in [0.2, 0.25) is 0 Å². The molecule has 0 bridgehead atoms. The third-order valence-corrected chi connectivity index (χ3v) is 3.80. The molecule has 0 aromatic heterocycles. The zero-order chi connectivity index (χ0) is 18.2. The number of hydrogen-bond donors (Lipinski definition) is 2. The molecule has 2 aromatic rings. The third-order valence-electron chi connectivity index (χ3n) is 3.80. The molecule has 0 atom stereocenters. The highest BCUT2D eigenvalue weighted by Gasteiger charge is 2.11. The summed E-state index contributed by atoms with van der Waals surface area (Å²) in [6.07, 6.45) is 7.58. The van der Waals surface area contributed by atoms with Crippen molar-refractivity contribution >= 4 is 22.9 Å². The van der Waals surface area contributed by atoms with E-state index >= 15 is 0 Å². The van der Waals surface area contributed by atoms with E-state index in [1.165, 1.54) is 11.1 Å². The van der Waals surface area contributed by atoms with Gasteiger partial charge < -0.3 is 5.11 Å². The van der Waals surface area contributed by atoms with E-state index in [1.807, 2.05) is 37.3 Å². The van der Waals surface area contributed by atoms with Crippen LogP contribution in [0.25, 0.3) is 10.8 Å². The lowest BCUT2D eigenvalue weighted by molar-refractivity contribution is 0.0952. The summed E-state index contributed by atoms with van der Waals surface area (Å²) >= 11 is 0. The average Bonchev–Trinajstić information content (AvgIpc) is 2.57. The standard InChI is InChI=1S/C21H24N2O2/c1-15(2)7-6-8-16(3)11-12-22-23-21(25)19-13-17-9-4-5-10-18(17)14-20(19)24/h4-5,7,9-14,24H,6,8H2,1-3H3,(H,23,25)/b16-11-,22-12?. The van der Waals surface area contributed by atoms with Gasteiger partial charge >= 0.3 is 0 Å². The molecule has 2 N–H and O–H groups in total. The number of fused-ring (bicyclic) bond motifs is 1. The highest BCUT2D eigenvalue weighted by Crippen LogP contribution is 2.24. The molecule has 0 saturated carbocycles. The number of nitrogens with zero attached hydrogens (tertiary/aromatic N) is 1. The summed E-state index contributed by atoms with van der Waals surface area (Å²) in [5.74, 6) is -0.491. The number of allylic oxidation sites excluding steroid dienone is 4. The fourth-order valence-corrected chi connectivity index (χ4v) is 2.40. The van der Waals surface area contributed by atoms with Crippen LogP contribution in [0.15, 0.2) is 64.8 Å². The fraction of sp³-hybridized carbons (Fsp3) is 0.238. The Balaban J connectivity index is 1.98. The normalized spacial score (nSPS) is 11.7. The lowest BCUT2D eigenvalue weighted by atomic mass is 10.1. The number of rotatable bonds is 6. The zero-order valence-corrected chi connectivity index (χ0v) is 14.9. The molecule has 0 unspecified atom stereocenters. The Bertz CT molecular complexity index is 844. The molecule has 0 aliphatic heterocycles. The maximum absolute atomic E-state index is 12.2. The lowest BCUT2D eigenvalue weighted by Crippen LogP contribution is -2.17. The van der Waals surface area contributed by atoms with Gasteiger partial charge in [-0.05, 0) is 62.6 Å². The number of phenols is 1. The molecule has 4 heteroatoms. The molecule has 25 heavy (non-hydrogen) atoms. The predicted molar refractivity (Wildman–Crippen MR) is 104 cm³/mol. The van der Waals surface area contributed by atoms with Crippen molar-refractivity contribution in [3.63, 3.8) is 0 Å². The van der Waals surface area contributed by atoms with Crippen molar-refractivity contribution in [2.75, 3.05) is 0 Å². The van der Waals surface area contributed by atoms with Crippen molar-refractivity contribution in [1.29, 1.82) is 0 Å². The molecule has 0 radical (unpaired) electrons. The van der Waals surface area contributed by atoms with E-state index in [4.69, 9.17) is 0 Å². The van der Waals surface area contributed by atoms with Crippen LogP contribution in [0, 0.1) is 0 Å². The van der Waals surface area contributed by atoms with Crippen molar-refractivity contribution in [2.24, 2.45) is 5.10 Å². The second-order valence-electron chi connectivity index (χ2n) is 6.27. The van der Waals surface area contributed by atoms with Crippen LogP contribution in [0.2, 0.25) is 0 Å². The van der Waals surface area contributed by atoms with Gasteiger partial charge in [0.15, 0.2) is 0 Å². The van der Waals surface area contributed by atoms with Gasteiger partial charge in [-0.2, -0.15) is 5.10 Å². The first-order chi connectivity index (χ1) is 12.0. The van der Waals surface area contributed by atoms with E-state index in [2.05, 4.69) is 30.5 Å². The van der Waals surface area contributed by atoms with Crippen molar-refractivity contribution < 1.29 is 9.90 Å². The molecule has 1 amide bonds. The van der Waals surface area contributed by atoms with Crippen molar-refractivity contribution in [3.8, 4) is 5.75 Å². The van der Waals surface area contributed by atoms with Crippen LogP contribution in [-0.2, 0) is 0 Å². The van der Waals surface area contributed by atoms with Crippen LogP contribution in [0.4, 0.5) is 0 Å². The fourth-order valence-electron chi connectivity index (χ4n) is 2.40. The molecule has 0 heterocycles. The van der Waals surface area contributed by atoms with Gasteiger partial charge in [0.25, 0.3) is 5.91 Å². The molecule has 2 aromatic carbocycles. The molecule has 130 valence electrons. The first-order valence-corrected chi connectivity index (χ1v) is 8.31. The minimum absolute atomic E-state index is 0.0557. The molecule has 0 saturated heterocycles. The molecule has 2 rings (SSSR count). The number of amides is 1. The Hall–Kier alpha value is -2.88. The lowest BCUT2D eigenvalue weighted by Gasteiger charge is -2.05. The Morgan fingerprint density at radius 3 is 2.52 bits per heavy atom. The second-order valence-corrected chi connectivity index (χ2v) is 6.27. The number of nitrogens with one attached hydrogen (secondary N) is 1. The molecule has 0 aliphatic rings. The summed E-state index contributed by atoms with van der Waals surface area (Å²) in [5.41, 5.74) is 5.15. The predicted octanol–water partition coefficient (Wildman–Crippen LogP) is 4.95. The third kappa shape index (κ3) is 5.60. The molecule has 0 spiro atoms. The smallest absolute Gasteiger partial charge is 0.275 e. The van der Waals surface area contributed by atoms with Gasteiger partial charge in [-0.3, -0.25) is 4.79 Å². The number of aromatic hydroxyl groups is 1. The Morgan fingerprint density at radius 1 is 1.16 bits per heavy atom. The van der Waals surface area contributed by atoms with E-state index in [-0.39, 0.29) is 11.3 Å². The van der Waals surface area contributed by atoms with E-state index < -0.39 is 5.91 Å². The summed E-state index contributed by atoms with van der Waals surface area (Å²) in [5, 5.41) is 15.7. The maximum atomic E-state index is 12.2. The Morgan fingerprint density at radius 2 is 1.84 bits per heavy atom. The number of hydrazone groups is 1. The van der Waals surface area contributed by atoms with Crippen LogP contribution in [-0.4, -0.2) is 17.2 Å². The monoisotopic (exact) mass is 336 g/mol. The quantitative estimate of drug-likeness (QED) is 0.445. The van der Waals surface area contributed by atoms with E-state index in [0.717, 1.165) is 23.6 Å². The van der Waals surface area contributed by atoms with Crippen molar-refractivity contribution in [1.82, 2.24) is 5.43 Å². The number of carbonyl (C=O) groups excluding carboxylic acids is 1. The van der Waals surface area contributed by atoms with Crippen LogP contribution < -0.4 is 5.43 Å². The highest BCUT2D eigenvalue weighted by molar-refractivity contribution is 6.01. The van der Waals surface area contributed by atoms with Crippen LogP contribution >= 0.6 is 0 Å². The van der Waals surface area contributed by atoms with E-state index in [0.29, 0.717) is 0 Å². The number of carbonyl (C=O) groups is 1. The summed E-state index contributed by atoms with van der Waals surface area (Å²) in [4.78, 5) is 12.2. The van der Waals surface area contributed by atoms with Gasteiger partial charge in [0.05, 0.1) is 5.56 Å². The van der Waals surface area contributed by atoms with Gasteiger partial charge in [0, 0.05) is 6.21 Å². The zero-order valence-electron chi connectivity index (χ0n) is 14.9. The first-order valence-electron chi connectivity index (χ1n) is 8.31. The van der Waals surface area contributed by atoms with Crippen LogP contribution in [0.3, 0.4) is 0 Å². The number of hydrogen-bond acceptors (Lipinski definition) is 3. The molecule has 0 fully saturated rings. The molecule has 0 aliphatic carbocycles. The number of phenolic OH excluding ortho intramolecular Hbond substituents is 1. The van der Waals surface area contributed by atoms with Crippen molar-refractivity contribution in [3.05, 3.63) is 65.3 Å². The largest absolute Gasteiger partial charge is 0.507 e. The summed E-state index contributed by atoms with van der Waals surface area (Å²) in [6, 6.07) is 10.8. The summed E-state index contributed by atoms with van der Waals surface area (Å²) in [7, 11) is 0. The Kier molecular flexibility index (Phi) is 6.52. The summed E-state index contributed by atoms with van der Waals surface area (Å²) < 4.78 is 0. The van der Waals surface area contributed by atoms with Crippen LogP contribution in [0.1, 0.15) is 44.0 Å². The molecular formula is C21H24N2O2. The molecule has 4 nitrogen and oxygen atoms in total. The van der Waals surface area contributed by atoms with Gasteiger partial charge in [-0.1, -0.05) is 41.5 Å². The minimum atomic E-state index is -0.435. The maximum Gasteiger partial charge on any atom is 0.275 e. The Labute approximate surface area is 148 Å². The van der Waals surface area contributed by atoms with Gasteiger partial charge in [-0.25, -0.2) is 5.43 Å². The van der Waals surface area contributed by atoms with Gasteiger partial charge in [-0.15, -0.1) is 0 Å². The minimum Gasteiger partial charge on any atom is -0.507 e.